The fraction of sp³-hybridized carbons (Fsp3) is 0.481. The SMILES string of the molecule is Cn1c(=O)n(C2CCCOC2)c2c3cc(-c4ccc(CN5CCC(S(C)(=O)=O)CC5)cc4)[nH]c3ncc21. The van der Waals surface area contributed by atoms with Crippen molar-refractivity contribution in [2.45, 2.75) is 43.5 Å². The third kappa shape index (κ3) is 4.51. The third-order valence-corrected chi connectivity index (χ3v) is 9.70. The Morgan fingerprint density at radius 2 is 1.89 bits per heavy atom. The Bertz CT molecular complexity index is 1600. The van der Waals surface area contributed by atoms with Crippen LogP contribution < -0.4 is 5.69 Å². The van der Waals surface area contributed by atoms with Crippen molar-refractivity contribution in [1.82, 2.24) is 24.0 Å². The molecule has 0 saturated carbocycles. The summed E-state index contributed by atoms with van der Waals surface area (Å²) in [6, 6.07) is 10.6. The number of sulfone groups is 1. The van der Waals surface area contributed by atoms with Gasteiger partial charge < -0.3 is 9.72 Å². The average molecular weight is 524 g/mol. The topological polar surface area (TPSA) is 102 Å². The monoisotopic (exact) mass is 523 g/mol. The fourth-order valence-corrected chi connectivity index (χ4v) is 6.94. The smallest absolute Gasteiger partial charge is 0.329 e. The van der Waals surface area contributed by atoms with E-state index < -0.39 is 9.84 Å². The van der Waals surface area contributed by atoms with Gasteiger partial charge in [-0.25, -0.2) is 18.2 Å². The van der Waals surface area contributed by atoms with Gasteiger partial charge in [0, 0.05) is 37.5 Å². The van der Waals surface area contributed by atoms with Crippen LogP contribution in [0.1, 0.15) is 37.3 Å². The fourth-order valence-electron chi connectivity index (χ4n) is 5.87. The minimum atomic E-state index is -2.96. The van der Waals surface area contributed by atoms with Gasteiger partial charge in [0.1, 0.15) is 15.5 Å². The van der Waals surface area contributed by atoms with E-state index in [0.717, 1.165) is 72.4 Å². The van der Waals surface area contributed by atoms with Gasteiger partial charge in [-0.3, -0.25) is 14.0 Å². The first kappa shape index (κ1) is 24.4. The van der Waals surface area contributed by atoms with Crippen LogP contribution in [0, 0.1) is 0 Å². The molecule has 1 atom stereocenters. The highest BCUT2D eigenvalue weighted by Gasteiger charge is 2.27. The number of nitrogens with zero attached hydrogens (tertiary/aromatic N) is 4. The Morgan fingerprint density at radius 1 is 1.14 bits per heavy atom. The summed E-state index contributed by atoms with van der Waals surface area (Å²) in [5.41, 5.74) is 5.67. The minimum Gasteiger partial charge on any atom is -0.379 e. The van der Waals surface area contributed by atoms with Crippen LogP contribution in [0.25, 0.3) is 33.3 Å². The number of aryl methyl sites for hydroxylation is 1. The highest BCUT2D eigenvalue weighted by Crippen LogP contribution is 2.31. The summed E-state index contributed by atoms with van der Waals surface area (Å²) >= 11 is 0. The lowest BCUT2D eigenvalue weighted by Gasteiger charge is -2.31. The number of aromatic nitrogens is 4. The van der Waals surface area contributed by atoms with Crippen LogP contribution in [0.5, 0.6) is 0 Å². The molecule has 0 amide bonds. The molecule has 9 nitrogen and oxygen atoms in total. The van der Waals surface area contributed by atoms with E-state index in [1.807, 2.05) is 4.57 Å². The Hall–Kier alpha value is -2.95. The summed E-state index contributed by atoms with van der Waals surface area (Å²) < 4.78 is 32.9. The van der Waals surface area contributed by atoms with Crippen LogP contribution in [-0.4, -0.2) is 70.2 Å². The van der Waals surface area contributed by atoms with Crippen molar-refractivity contribution in [3.63, 3.8) is 0 Å². The third-order valence-electron chi connectivity index (χ3n) is 8.02. The number of imidazole rings is 1. The number of piperidine rings is 1. The number of pyridine rings is 1. The molecular formula is C27H33N5O4S. The molecule has 5 heterocycles. The van der Waals surface area contributed by atoms with Crippen molar-refractivity contribution in [1.29, 1.82) is 0 Å². The number of likely N-dealkylation sites (tertiary alicyclic amines) is 1. The van der Waals surface area contributed by atoms with Gasteiger partial charge in [0.2, 0.25) is 0 Å². The molecule has 1 N–H and O–H groups in total. The molecule has 3 aromatic heterocycles. The summed E-state index contributed by atoms with van der Waals surface area (Å²) in [5.74, 6) is 0. The van der Waals surface area contributed by atoms with Gasteiger partial charge in [0.05, 0.1) is 35.1 Å². The highest BCUT2D eigenvalue weighted by molar-refractivity contribution is 7.91. The predicted molar refractivity (Wildman–Crippen MR) is 144 cm³/mol. The highest BCUT2D eigenvalue weighted by atomic mass is 32.2. The number of nitrogens with one attached hydrogen (secondary N) is 1. The van der Waals surface area contributed by atoms with Crippen LogP contribution in [-0.2, 0) is 28.2 Å². The van der Waals surface area contributed by atoms with Crippen LogP contribution in [0.2, 0.25) is 0 Å². The van der Waals surface area contributed by atoms with Crippen LogP contribution >= 0.6 is 0 Å². The zero-order valence-corrected chi connectivity index (χ0v) is 22.1. The van der Waals surface area contributed by atoms with E-state index in [2.05, 4.69) is 45.2 Å². The molecule has 0 aliphatic carbocycles. The second-order valence-corrected chi connectivity index (χ2v) is 12.8. The maximum Gasteiger partial charge on any atom is 0.329 e. The van der Waals surface area contributed by atoms with Crippen molar-refractivity contribution < 1.29 is 13.2 Å². The number of H-pyrrole nitrogens is 1. The second kappa shape index (κ2) is 9.41. The van der Waals surface area contributed by atoms with Crippen LogP contribution in [0.3, 0.4) is 0 Å². The molecule has 2 aliphatic rings. The molecule has 196 valence electrons. The van der Waals surface area contributed by atoms with Crippen molar-refractivity contribution in [2.24, 2.45) is 7.05 Å². The van der Waals surface area contributed by atoms with Crippen LogP contribution in [0.15, 0.2) is 41.3 Å². The normalized spacial score (nSPS) is 20.2. The molecule has 10 heteroatoms. The van der Waals surface area contributed by atoms with Crippen molar-refractivity contribution in [2.75, 3.05) is 32.6 Å². The zero-order chi connectivity index (χ0) is 25.7. The molecule has 37 heavy (non-hydrogen) atoms. The van der Waals surface area contributed by atoms with Gasteiger partial charge >= 0.3 is 5.69 Å². The van der Waals surface area contributed by atoms with Crippen molar-refractivity contribution >= 4 is 31.9 Å². The number of benzene rings is 1. The molecule has 0 spiro atoms. The molecule has 2 fully saturated rings. The van der Waals surface area contributed by atoms with E-state index in [0.29, 0.717) is 19.4 Å². The van der Waals surface area contributed by atoms with Gasteiger partial charge in [0.15, 0.2) is 0 Å². The molecular weight excluding hydrogens is 490 g/mol. The summed E-state index contributed by atoms with van der Waals surface area (Å²) in [6.45, 7) is 3.71. The van der Waals surface area contributed by atoms with E-state index in [4.69, 9.17) is 4.74 Å². The summed E-state index contributed by atoms with van der Waals surface area (Å²) in [4.78, 5) is 23.6. The molecule has 0 bridgehead atoms. The van der Waals surface area contributed by atoms with Gasteiger partial charge in [-0.05, 0) is 56.0 Å². The van der Waals surface area contributed by atoms with E-state index in [-0.39, 0.29) is 17.0 Å². The summed E-state index contributed by atoms with van der Waals surface area (Å²) in [6.07, 6.45) is 6.39. The minimum absolute atomic E-state index is 0.0238. The largest absolute Gasteiger partial charge is 0.379 e. The maximum atomic E-state index is 13.2. The van der Waals surface area contributed by atoms with Gasteiger partial charge in [-0.2, -0.15) is 0 Å². The number of rotatable bonds is 5. The van der Waals surface area contributed by atoms with Gasteiger partial charge in [-0.1, -0.05) is 24.3 Å². The molecule has 1 unspecified atom stereocenters. The van der Waals surface area contributed by atoms with Gasteiger partial charge in [-0.15, -0.1) is 0 Å². The molecule has 6 rings (SSSR count). The van der Waals surface area contributed by atoms with E-state index in [1.54, 1.807) is 17.8 Å². The van der Waals surface area contributed by atoms with Gasteiger partial charge in [0.25, 0.3) is 0 Å². The standard InChI is InChI=1S/C27H33N5O4S/c1-30-24-15-28-26-22(25(24)32(27(30)33)20-4-3-13-36-17-20)14-23(29-26)19-7-5-18(6-8-19)16-31-11-9-21(10-12-31)37(2,34)35/h5-8,14-15,20-21H,3-4,9-13,16-17H2,1-2H3,(H,28,29). The molecule has 2 aliphatic heterocycles. The van der Waals surface area contributed by atoms with E-state index >= 15 is 0 Å². The first-order chi connectivity index (χ1) is 17.8. The lowest BCUT2D eigenvalue weighted by atomic mass is 10.1. The van der Waals surface area contributed by atoms with Crippen molar-refractivity contribution in [3.8, 4) is 11.3 Å². The average Bonchev–Trinajstić information content (AvgIpc) is 3.44. The first-order valence-corrected chi connectivity index (χ1v) is 14.9. The lowest BCUT2D eigenvalue weighted by molar-refractivity contribution is 0.0593. The quantitative estimate of drug-likeness (QED) is 0.431. The number of hydrogen-bond donors (Lipinski definition) is 1. The van der Waals surface area contributed by atoms with E-state index in [1.165, 1.54) is 11.8 Å². The van der Waals surface area contributed by atoms with Crippen molar-refractivity contribution in [3.05, 3.63) is 52.6 Å². The van der Waals surface area contributed by atoms with E-state index in [9.17, 15) is 13.2 Å². The lowest BCUT2D eigenvalue weighted by Crippen LogP contribution is -2.38. The number of aromatic amines is 1. The molecule has 1 aromatic carbocycles. The van der Waals surface area contributed by atoms with Crippen LogP contribution in [0.4, 0.5) is 0 Å². The number of hydrogen-bond acceptors (Lipinski definition) is 6. The Labute approximate surface area is 216 Å². The zero-order valence-electron chi connectivity index (χ0n) is 21.3. The number of ether oxygens (including phenoxy) is 1. The first-order valence-electron chi connectivity index (χ1n) is 13.0. The predicted octanol–water partition coefficient (Wildman–Crippen LogP) is 3.24. The summed E-state index contributed by atoms with van der Waals surface area (Å²) in [5, 5.41) is 0.730. The number of fused-ring (bicyclic) bond motifs is 3. The molecule has 2 saturated heterocycles. The summed E-state index contributed by atoms with van der Waals surface area (Å²) in [7, 11) is -1.16. The Morgan fingerprint density at radius 3 is 2.57 bits per heavy atom. The maximum absolute atomic E-state index is 13.2. The second-order valence-electron chi connectivity index (χ2n) is 10.5. The molecule has 4 aromatic rings. The Balaban J connectivity index is 1.27. The molecule has 0 radical (unpaired) electrons. The Kier molecular flexibility index (Phi) is 6.21.